The Hall–Kier alpha value is -3.58. The molecule has 0 unspecified atom stereocenters. The van der Waals surface area contributed by atoms with E-state index in [1.54, 1.807) is 42.2 Å². The molecule has 0 bridgehead atoms. The van der Waals surface area contributed by atoms with Crippen LogP contribution in [0.4, 0.5) is 5.69 Å². The topological polar surface area (TPSA) is 79.8 Å². The van der Waals surface area contributed by atoms with Crippen molar-refractivity contribution >= 4 is 35.5 Å². The molecule has 2 amide bonds. The van der Waals surface area contributed by atoms with Gasteiger partial charge in [0.1, 0.15) is 5.75 Å². The minimum Gasteiger partial charge on any atom is -0.484 e. The number of aryl methyl sites for hydroxylation is 1. The minimum absolute atomic E-state index is 0.0874. The molecule has 0 heterocycles. The van der Waals surface area contributed by atoms with Crippen molar-refractivity contribution in [3.63, 3.8) is 0 Å². The zero-order chi connectivity index (χ0) is 23.5. The Morgan fingerprint density at radius 2 is 1.70 bits per heavy atom. The summed E-state index contributed by atoms with van der Waals surface area (Å²) < 4.78 is 5.53. The molecule has 0 fully saturated rings. The molecule has 1 atom stereocenters. The van der Waals surface area contributed by atoms with Crippen LogP contribution in [0.25, 0.3) is 0 Å². The van der Waals surface area contributed by atoms with Gasteiger partial charge in [0.2, 0.25) is 0 Å². The van der Waals surface area contributed by atoms with Gasteiger partial charge in [-0.1, -0.05) is 48.0 Å². The molecule has 3 aromatic rings. The Kier molecular flexibility index (Phi) is 9.08. The number of rotatable bonds is 10. The summed E-state index contributed by atoms with van der Waals surface area (Å²) >= 11 is 1.56. The van der Waals surface area contributed by atoms with Crippen LogP contribution < -0.4 is 15.5 Å². The number of benzene rings is 3. The van der Waals surface area contributed by atoms with Gasteiger partial charge in [0.25, 0.3) is 11.8 Å². The second-order valence-corrected chi connectivity index (χ2v) is 8.77. The highest BCUT2D eigenvalue weighted by atomic mass is 32.2. The number of nitrogens with zero attached hydrogens (tertiary/aromatic N) is 1. The lowest BCUT2D eigenvalue weighted by Gasteiger charge is -2.09. The first-order chi connectivity index (χ1) is 16.0. The van der Waals surface area contributed by atoms with Gasteiger partial charge in [0.15, 0.2) is 6.61 Å². The number of anilines is 1. The number of hydrogen-bond donors (Lipinski definition) is 2. The smallest absolute Gasteiger partial charge is 0.262 e. The second kappa shape index (κ2) is 12.5. The van der Waals surface area contributed by atoms with E-state index in [-0.39, 0.29) is 23.7 Å². The van der Waals surface area contributed by atoms with E-state index in [0.717, 1.165) is 22.6 Å². The molecule has 3 aromatic carbocycles. The average molecular weight is 462 g/mol. The van der Waals surface area contributed by atoms with Crippen molar-refractivity contribution in [2.45, 2.75) is 24.9 Å². The van der Waals surface area contributed by atoms with Gasteiger partial charge in [0.05, 0.1) is 11.5 Å². The predicted molar refractivity (Wildman–Crippen MR) is 135 cm³/mol. The number of carbonyl (C=O) groups excluding carboxylic acids is 2. The summed E-state index contributed by atoms with van der Waals surface area (Å²) in [6.07, 6.45) is 1.57. The van der Waals surface area contributed by atoms with Crippen LogP contribution in [0.2, 0.25) is 0 Å². The number of nitrogens with one attached hydrogen (secondary N) is 2. The Bertz CT molecular complexity index is 1070. The molecule has 0 spiro atoms. The molecule has 3 rings (SSSR count). The Morgan fingerprint density at radius 1 is 1.00 bits per heavy atom. The number of hydrazone groups is 1. The maximum atomic E-state index is 12.2. The van der Waals surface area contributed by atoms with Crippen LogP contribution in [0.5, 0.6) is 5.75 Å². The summed E-state index contributed by atoms with van der Waals surface area (Å²) in [4.78, 5) is 24.2. The summed E-state index contributed by atoms with van der Waals surface area (Å²) in [6, 6.07) is 24.7. The van der Waals surface area contributed by atoms with Gasteiger partial charge in [0, 0.05) is 11.4 Å². The van der Waals surface area contributed by atoms with E-state index in [4.69, 9.17) is 4.74 Å². The van der Waals surface area contributed by atoms with Crippen molar-refractivity contribution in [3.8, 4) is 5.75 Å². The van der Waals surface area contributed by atoms with Crippen LogP contribution in [0.15, 0.2) is 84.0 Å². The van der Waals surface area contributed by atoms with Gasteiger partial charge in [-0.3, -0.25) is 9.59 Å². The summed E-state index contributed by atoms with van der Waals surface area (Å²) in [6.45, 7) is 3.76. The number of amides is 2. The molecule has 0 aliphatic heterocycles. The van der Waals surface area contributed by atoms with Gasteiger partial charge >= 0.3 is 0 Å². The van der Waals surface area contributed by atoms with Gasteiger partial charge in [-0.25, -0.2) is 5.43 Å². The summed E-state index contributed by atoms with van der Waals surface area (Å²) in [5.74, 6) is 0.961. The van der Waals surface area contributed by atoms with E-state index >= 15 is 0 Å². The molecule has 0 saturated carbocycles. The number of thioether (sulfide) groups is 1. The Balaban J connectivity index is 1.38. The molecule has 0 radical (unpaired) electrons. The largest absolute Gasteiger partial charge is 0.484 e. The first kappa shape index (κ1) is 24.1. The summed E-state index contributed by atoms with van der Waals surface area (Å²) in [5, 5.41) is 6.60. The van der Waals surface area contributed by atoms with E-state index in [1.165, 1.54) is 5.56 Å². The molecule has 170 valence electrons. The van der Waals surface area contributed by atoms with E-state index in [9.17, 15) is 9.59 Å². The Labute approximate surface area is 198 Å². The van der Waals surface area contributed by atoms with E-state index in [0.29, 0.717) is 5.75 Å². The zero-order valence-electron chi connectivity index (χ0n) is 18.7. The fourth-order valence-electron chi connectivity index (χ4n) is 2.77. The average Bonchev–Trinajstić information content (AvgIpc) is 2.84. The molecule has 0 aliphatic carbocycles. The molecular formula is C26H27N3O3S. The third kappa shape index (κ3) is 8.46. The van der Waals surface area contributed by atoms with Crippen molar-refractivity contribution in [1.29, 1.82) is 0 Å². The molecule has 33 heavy (non-hydrogen) atoms. The molecule has 0 aromatic heterocycles. The molecule has 0 aliphatic rings. The van der Waals surface area contributed by atoms with Crippen LogP contribution in [-0.2, 0) is 15.3 Å². The van der Waals surface area contributed by atoms with Crippen molar-refractivity contribution in [2.75, 3.05) is 11.9 Å². The van der Waals surface area contributed by atoms with Crippen LogP contribution in [0.3, 0.4) is 0 Å². The maximum absolute atomic E-state index is 12.2. The quantitative estimate of drug-likeness (QED) is 0.336. The fraction of sp³-hybridized carbons (Fsp3) is 0.192. The van der Waals surface area contributed by atoms with Crippen molar-refractivity contribution in [3.05, 3.63) is 95.6 Å². The summed E-state index contributed by atoms with van der Waals surface area (Å²) in [5.41, 5.74) is 6.42. The lowest BCUT2D eigenvalue weighted by Crippen LogP contribution is -2.26. The van der Waals surface area contributed by atoms with E-state index < -0.39 is 0 Å². The first-order valence-electron chi connectivity index (χ1n) is 10.6. The number of carbonyl (C=O) groups is 2. The third-order valence-corrected chi connectivity index (χ3v) is 5.90. The van der Waals surface area contributed by atoms with Gasteiger partial charge in [-0.05, 0) is 61.4 Å². The third-order valence-electron chi connectivity index (χ3n) is 4.69. The van der Waals surface area contributed by atoms with Crippen molar-refractivity contribution in [2.24, 2.45) is 5.10 Å². The van der Waals surface area contributed by atoms with Crippen LogP contribution in [0, 0.1) is 6.92 Å². The highest BCUT2D eigenvalue weighted by Crippen LogP contribution is 2.17. The molecule has 2 N–H and O–H groups in total. The van der Waals surface area contributed by atoms with E-state index in [1.807, 2.05) is 68.4 Å². The van der Waals surface area contributed by atoms with Crippen LogP contribution in [0.1, 0.15) is 23.6 Å². The van der Waals surface area contributed by atoms with Gasteiger partial charge in [-0.2, -0.15) is 5.10 Å². The highest BCUT2D eigenvalue weighted by Gasteiger charge is 2.12. The minimum atomic E-state index is -0.230. The molecule has 7 heteroatoms. The standard InChI is InChI=1S/C26H27N3O3S/c1-19-8-12-23(13-9-19)28-25(30)17-32-24-14-10-21(11-15-24)16-27-29-26(31)20(2)33-18-22-6-4-3-5-7-22/h3-16,20H,17-18H2,1-2H3,(H,28,30)(H,29,31)/b27-16-/t20-/m0/s1. The van der Waals surface area contributed by atoms with Gasteiger partial charge in [-0.15, -0.1) is 11.8 Å². The SMILES string of the molecule is Cc1ccc(NC(=O)COc2ccc(/C=N\NC(=O)[C@H](C)SCc3ccccc3)cc2)cc1. The van der Waals surface area contributed by atoms with Crippen LogP contribution in [-0.4, -0.2) is 29.9 Å². The first-order valence-corrected chi connectivity index (χ1v) is 11.6. The van der Waals surface area contributed by atoms with Crippen molar-refractivity contribution < 1.29 is 14.3 Å². The molecule has 0 saturated heterocycles. The molecular weight excluding hydrogens is 434 g/mol. The number of ether oxygens (including phenoxy) is 1. The van der Waals surface area contributed by atoms with Crippen LogP contribution >= 0.6 is 11.8 Å². The lowest BCUT2D eigenvalue weighted by molar-refractivity contribution is -0.120. The highest BCUT2D eigenvalue weighted by molar-refractivity contribution is 7.99. The lowest BCUT2D eigenvalue weighted by atomic mass is 10.2. The number of hydrogen-bond acceptors (Lipinski definition) is 5. The van der Waals surface area contributed by atoms with Gasteiger partial charge < -0.3 is 10.1 Å². The normalized spacial score (nSPS) is 11.7. The predicted octanol–water partition coefficient (Wildman–Crippen LogP) is 4.78. The zero-order valence-corrected chi connectivity index (χ0v) is 19.5. The Morgan fingerprint density at radius 3 is 2.39 bits per heavy atom. The maximum Gasteiger partial charge on any atom is 0.262 e. The van der Waals surface area contributed by atoms with E-state index in [2.05, 4.69) is 15.8 Å². The second-order valence-electron chi connectivity index (χ2n) is 7.44. The fourth-order valence-corrected chi connectivity index (χ4v) is 3.60. The van der Waals surface area contributed by atoms with Crippen molar-refractivity contribution in [1.82, 2.24) is 5.43 Å². The summed E-state index contributed by atoms with van der Waals surface area (Å²) in [7, 11) is 0. The molecule has 6 nitrogen and oxygen atoms in total. The monoisotopic (exact) mass is 461 g/mol.